The fourth-order valence-electron chi connectivity index (χ4n) is 3.02. The standard InChI is InChI=1S/C16H21FN4OS2/c17-10-4-6-11(7-5-10)19-16(23)18-8-2-1-3-13-14-12(9-24-13)20-15(22)21-14/h4-7,12-14H,1-3,8-9H2,(H2,18,19,23)(H2,20,21,22)/t12-,13-,14-/m0/s1. The van der Waals surface area contributed by atoms with Gasteiger partial charge in [0, 0.05) is 23.2 Å². The van der Waals surface area contributed by atoms with E-state index in [1.54, 1.807) is 12.1 Å². The summed E-state index contributed by atoms with van der Waals surface area (Å²) in [7, 11) is 0. The minimum atomic E-state index is -0.264. The second kappa shape index (κ2) is 8.02. The van der Waals surface area contributed by atoms with E-state index in [4.69, 9.17) is 12.2 Å². The zero-order valence-corrected chi connectivity index (χ0v) is 14.8. The zero-order chi connectivity index (χ0) is 16.9. The summed E-state index contributed by atoms with van der Waals surface area (Å²) in [6, 6.07) is 6.63. The Bertz CT molecular complexity index is 598. The van der Waals surface area contributed by atoms with E-state index in [1.807, 2.05) is 11.8 Å². The quantitative estimate of drug-likeness (QED) is 0.353. The molecule has 2 aliphatic rings. The molecule has 1 aromatic rings. The van der Waals surface area contributed by atoms with Crippen LogP contribution in [0.25, 0.3) is 0 Å². The third kappa shape index (κ3) is 4.51. The first-order valence-electron chi connectivity index (χ1n) is 8.11. The lowest BCUT2D eigenvalue weighted by molar-refractivity contribution is 0.247. The van der Waals surface area contributed by atoms with E-state index in [2.05, 4.69) is 21.3 Å². The molecular formula is C16H21FN4OS2. The van der Waals surface area contributed by atoms with Crippen molar-refractivity contribution in [2.24, 2.45) is 0 Å². The van der Waals surface area contributed by atoms with Gasteiger partial charge in [-0.05, 0) is 49.3 Å². The Morgan fingerprint density at radius 2 is 2.08 bits per heavy atom. The highest BCUT2D eigenvalue weighted by molar-refractivity contribution is 8.00. The topological polar surface area (TPSA) is 65.2 Å². The van der Waals surface area contributed by atoms with Crippen LogP contribution in [0.4, 0.5) is 14.9 Å². The van der Waals surface area contributed by atoms with E-state index in [0.717, 1.165) is 37.2 Å². The van der Waals surface area contributed by atoms with Crippen molar-refractivity contribution in [2.45, 2.75) is 36.6 Å². The van der Waals surface area contributed by atoms with E-state index < -0.39 is 0 Å². The number of amides is 2. The van der Waals surface area contributed by atoms with Crippen LogP contribution < -0.4 is 21.3 Å². The van der Waals surface area contributed by atoms with Crippen molar-refractivity contribution in [3.8, 4) is 0 Å². The first-order valence-corrected chi connectivity index (χ1v) is 9.56. The number of hydrogen-bond acceptors (Lipinski definition) is 3. The lowest BCUT2D eigenvalue weighted by Crippen LogP contribution is -2.36. The first-order chi connectivity index (χ1) is 11.6. The molecule has 3 atom stereocenters. The molecule has 2 amide bonds. The molecule has 0 aliphatic carbocycles. The second-order valence-electron chi connectivity index (χ2n) is 6.01. The van der Waals surface area contributed by atoms with Gasteiger partial charge in [-0.1, -0.05) is 6.42 Å². The molecule has 0 saturated carbocycles. The van der Waals surface area contributed by atoms with E-state index in [-0.39, 0.29) is 23.9 Å². The number of thioether (sulfide) groups is 1. The molecule has 0 unspecified atom stereocenters. The number of fused-ring (bicyclic) bond motifs is 1. The van der Waals surface area contributed by atoms with E-state index in [0.29, 0.717) is 10.4 Å². The van der Waals surface area contributed by atoms with Crippen LogP contribution in [0.3, 0.4) is 0 Å². The average molecular weight is 369 g/mol. The Labute approximate surface area is 150 Å². The van der Waals surface area contributed by atoms with Crippen LogP contribution in [-0.2, 0) is 0 Å². The maximum absolute atomic E-state index is 12.8. The Balaban J connectivity index is 1.29. The fourth-order valence-corrected chi connectivity index (χ4v) is 4.79. The second-order valence-corrected chi connectivity index (χ2v) is 7.69. The number of carbonyl (C=O) groups is 1. The highest BCUT2D eigenvalue weighted by Gasteiger charge is 2.42. The van der Waals surface area contributed by atoms with Crippen LogP contribution in [0, 0.1) is 5.82 Å². The maximum Gasteiger partial charge on any atom is 0.315 e. The lowest BCUT2D eigenvalue weighted by Gasteiger charge is -2.16. The van der Waals surface area contributed by atoms with Gasteiger partial charge in [0.25, 0.3) is 0 Å². The van der Waals surface area contributed by atoms with Crippen LogP contribution in [-0.4, -0.2) is 40.8 Å². The molecule has 0 bridgehead atoms. The Hall–Kier alpha value is -1.54. The number of rotatable bonds is 6. The highest BCUT2D eigenvalue weighted by Crippen LogP contribution is 2.32. The van der Waals surface area contributed by atoms with Gasteiger partial charge in [0.15, 0.2) is 5.11 Å². The van der Waals surface area contributed by atoms with Crippen LogP contribution in [0.1, 0.15) is 19.3 Å². The fraction of sp³-hybridized carbons (Fsp3) is 0.500. The molecule has 3 rings (SSSR count). The molecule has 2 saturated heterocycles. The normalized spacial score (nSPS) is 24.9. The van der Waals surface area contributed by atoms with Crippen molar-refractivity contribution in [1.29, 1.82) is 0 Å². The first kappa shape index (κ1) is 17.3. The molecule has 2 fully saturated rings. The molecule has 130 valence electrons. The summed E-state index contributed by atoms with van der Waals surface area (Å²) >= 11 is 7.16. The van der Waals surface area contributed by atoms with Gasteiger partial charge in [-0.25, -0.2) is 9.18 Å². The van der Waals surface area contributed by atoms with Crippen molar-refractivity contribution in [1.82, 2.24) is 16.0 Å². The number of anilines is 1. The van der Waals surface area contributed by atoms with Crippen molar-refractivity contribution in [3.05, 3.63) is 30.1 Å². The monoisotopic (exact) mass is 368 g/mol. The van der Waals surface area contributed by atoms with Gasteiger partial charge in [0.1, 0.15) is 5.82 Å². The minimum Gasteiger partial charge on any atom is -0.362 e. The van der Waals surface area contributed by atoms with Gasteiger partial charge in [-0.3, -0.25) is 0 Å². The van der Waals surface area contributed by atoms with Gasteiger partial charge in [-0.2, -0.15) is 11.8 Å². The summed E-state index contributed by atoms with van der Waals surface area (Å²) in [6.45, 7) is 0.795. The molecule has 0 radical (unpaired) electrons. The predicted octanol–water partition coefficient (Wildman–Crippen LogP) is 2.45. The Kier molecular flexibility index (Phi) is 5.78. The molecule has 2 aliphatic heterocycles. The predicted molar refractivity (Wildman–Crippen MR) is 100.0 cm³/mol. The largest absolute Gasteiger partial charge is 0.362 e. The van der Waals surface area contributed by atoms with Gasteiger partial charge >= 0.3 is 6.03 Å². The van der Waals surface area contributed by atoms with E-state index in [1.165, 1.54) is 12.1 Å². The molecule has 1 aromatic carbocycles. The molecule has 0 spiro atoms. The van der Waals surface area contributed by atoms with Gasteiger partial charge in [0.2, 0.25) is 0 Å². The van der Waals surface area contributed by atoms with Crippen molar-refractivity contribution < 1.29 is 9.18 Å². The van der Waals surface area contributed by atoms with Crippen molar-refractivity contribution >= 4 is 40.8 Å². The molecular weight excluding hydrogens is 347 g/mol. The Morgan fingerprint density at radius 1 is 1.29 bits per heavy atom. The average Bonchev–Trinajstić information content (AvgIpc) is 3.09. The van der Waals surface area contributed by atoms with Crippen LogP contribution >= 0.6 is 24.0 Å². The van der Waals surface area contributed by atoms with Gasteiger partial charge < -0.3 is 21.3 Å². The molecule has 4 N–H and O–H groups in total. The molecule has 24 heavy (non-hydrogen) atoms. The highest BCUT2D eigenvalue weighted by atomic mass is 32.2. The number of benzene rings is 1. The zero-order valence-electron chi connectivity index (χ0n) is 13.2. The van der Waals surface area contributed by atoms with Gasteiger partial charge in [0.05, 0.1) is 12.1 Å². The summed E-state index contributed by atoms with van der Waals surface area (Å²) < 4.78 is 12.8. The molecule has 5 nitrogen and oxygen atoms in total. The third-order valence-electron chi connectivity index (χ3n) is 4.24. The maximum atomic E-state index is 12.8. The van der Waals surface area contributed by atoms with Crippen LogP contribution in [0.2, 0.25) is 0 Å². The number of unbranched alkanes of at least 4 members (excludes halogenated alkanes) is 1. The summed E-state index contributed by atoms with van der Waals surface area (Å²) in [4.78, 5) is 11.3. The summed E-state index contributed by atoms with van der Waals surface area (Å²) in [5.74, 6) is 0.734. The molecule has 0 aromatic heterocycles. The number of halogens is 1. The minimum absolute atomic E-state index is 0.0332. The summed E-state index contributed by atoms with van der Waals surface area (Å²) in [5.41, 5.74) is 0.770. The number of hydrogen-bond donors (Lipinski definition) is 4. The van der Waals surface area contributed by atoms with Crippen LogP contribution in [0.5, 0.6) is 0 Å². The SMILES string of the molecule is O=C1N[C@H]2[C@H](CS[C@H]2CCCCNC(=S)Nc2ccc(F)cc2)N1. The number of thiocarbonyl (C=S) groups is 1. The van der Waals surface area contributed by atoms with E-state index in [9.17, 15) is 9.18 Å². The number of nitrogens with one attached hydrogen (secondary N) is 4. The molecule has 2 heterocycles. The van der Waals surface area contributed by atoms with Crippen molar-refractivity contribution in [2.75, 3.05) is 17.6 Å². The van der Waals surface area contributed by atoms with Gasteiger partial charge in [-0.15, -0.1) is 0 Å². The van der Waals surface area contributed by atoms with Crippen LogP contribution in [0.15, 0.2) is 24.3 Å². The number of urea groups is 1. The number of carbonyl (C=O) groups excluding carboxylic acids is 1. The Morgan fingerprint density at radius 3 is 2.88 bits per heavy atom. The van der Waals surface area contributed by atoms with Crippen molar-refractivity contribution in [3.63, 3.8) is 0 Å². The lowest BCUT2D eigenvalue weighted by atomic mass is 10.0. The molecule has 8 heteroatoms. The van der Waals surface area contributed by atoms with E-state index >= 15 is 0 Å². The summed E-state index contributed by atoms with van der Waals surface area (Å²) in [5, 5.41) is 13.2. The third-order valence-corrected chi connectivity index (χ3v) is 6.00. The summed E-state index contributed by atoms with van der Waals surface area (Å²) in [6.07, 6.45) is 3.19. The smallest absolute Gasteiger partial charge is 0.315 e.